The van der Waals surface area contributed by atoms with Crippen LogP contribution in [-0.4, -0.2) is 10.1 Å². The first kappa shape index (κ1) is 14.4. The Labute approximate surface area is 126 Å². The van der Waals surface area contributed by atoms with Gasteiger partial charge in [0, 0.05) is 17.3 Å². The number of rotatable bonds is 3. The van der Waals surface area contributed by atoms with Crippen LogP contribution < -0.4 is 0 Å². The second kappa shape index (κ2) is 6.03. The molecule has 0 radical (unpaired) electrons. The summed E-state index contributed by atoms with van der Waals surface area (Å²) in [5.41, 5.74) is 3.09. The molecule has 0 atom stereocenters. The normalized spacial score (nSPS) is 10.7. The molecular formula is C18H13F2NO. The van der Waals surface area contributed by atoms with Crippen LogP contribution in [0.5, 0.6) is 0 Å². The minimum Gasteiger partial charge on any atom is -0.392 e. The van der Waals surface area contributed by atoms with E-state index in [1.807, 2.05) is 0 Å². The summed E-state index contributed by atoms with van der Waals surface area (Å²) < 4.78 is 26.7. The summed E-state index contributed by atoms with van der Waals surface area (Å²) in [5.74, 6) is -0.699. The lowest BCUT2D eigenvalue weighted by Crippen LogP contribution is -1.94. The van der Waals surface area contributed by atoms with Crippen molar-refractivity contribution in [3.8, 4) is 22.4 Å². The molecule has 0 aliphatic heterocycles. The Bertz CT molecular complexity index is 818. The monoisotopic (exact) mass is 297 g/mol. The molecule has 0 aliphatic rings. The van der Waals surface area contributed by atoms with E-state index >= 15 is 0 Å². The van der Waals surface area contributed by atoms with E-state index in [2.05, 4.69) is 4.98 Å². The van der Waals surface area contributed by atoms with Crippen molar-refractivity contribution < 1.29 is 13.9 Å². The van der Waals surface area contributed by atoms with Gasteiger partial charge in [-0.2, -0.15) is 0 Å². The number of hydrogen-bond donors (Lipinski definition) is 1. The van der Waals surface area contributed by atoms with Crippen LogP contribution in [0, 0.1) is 11.6 Å². The molecule has 2 nitrogen and oxygen atoms in total. The van der Waals surface area contributed by atoms with Crippen LogP contribution in [0.4, 0.5) is 8.78 Å². The molecular weight excluding hydrogens is 284 g/mol. The van der Waals surface area contributed by atoms with Gasteiger partial charge in [-0.05, 0) is 41.5 Å². The Morgan fingerprint density at radius 3 is 2.14 bits per heavy atom. The summed E-state index contributed by atoms with van der Waals surface area (Å²) in [6.45, 7) is -0.212. The standard InChI is InChI=1S/C18H13F2NO/c19-15-5-1-3-12(7-15)17-10-21-18(9-14(17)11-22)13-4-2-6-16(20)8-13/h1-10,22H,11H2. The van der Waals surface area contributed by atoms with E-state index in [0.717, 1.165) is 0 Å². The highest BCUT2D eigenvalue weighted by Crippen LogP contribution is 2.27. The number of aliphatic hydroxyl groups excluding tert-OH is 1. The van der Waals surface area contributed by atoms with Gasteiger partial charge in [-0.3, -0.25) is 4.98 Å². The third-order valence-corrected chi connectivity index (χ3v) is 3.42. The number of benzene rings is 2. The number of hydrogen-bond acceptors (Lipinski definition) is 2. The average Bonchev–Trinajstić information content (AvgIpc) is 2.54. The van der Waals surface area contributed by atoms with Crippen molar-refractivity contribution in [1.29, 1.82) is 0 Å². The Morgan fingerprint density at radius 1 is 0.864 bits per heavy atom. The Morgan fingerprint density at radius 2 is 1.50 bits per heavy atom. The van der Waals surface area contributed by atoms with E-state index in [4.69, 9.17) is 0 Å². The topological polar surface area (TPSA) is 33.1 Å². The fourth-order valence-electron chi connectivity index (χ4n) is 2.35. The summed E-state index contributed by atoms with van der Waals surface area (Å²) >= 11 is 0. The molecule has 0 fully saturated rings. The van der Waals surface area contributed by atoms with Crippen LogP contribution in [0.3, 0.4) is 0 Å². The fraction of sp³-hybridized carbons (Fsp3) is 0.0556. The van der Waals surface area contributed by atoms with E-state index in [-0.39, 0.29) is 18.2 Å². The number of aliphatic hydroxyl groups is 1. The highest BCUT2D eigenvalue weighted by Gasteiger charge is 2.09. The van der Waals surface area contributed by atoms with Crippen molar-refractivity contribution in [3.63, 3.8) is 0 Å². The molecule has 110 valence electrons. The second-order valence-corrected chi connectivity index (χ2v) is 4.91. The molecule has 2 aromatic carbocycles. The zero-order valence-corrected chi connectivity index (χ0v) is 11.6. The van der Waals surface area contributed by atoms with Gasteiger partial charge < -0.3 is 5.11 Å². The summed E-state index contributed by atoms with van der Waals surface area (Å²) in [5, 5.41) is 9.58. The first-order chi connectivity index (χ1) is 10.7. The zero-order chi connectivity index (χ0) is 15.5. The predicted molar refractivity (Wildman–Crippen MR) is 80.9 cm³/mol. The van der Waals surface area contributed by atoms with E-state index in [9.17, 15) is 13.9 Å². The molecule has 0 saturated heterocycles. The first-order valence-corrected chi connectivity index (χ1v) is 6.79. The summed E-state index contributed by atoms with van der Waals surface area (Å²) in [4.78, 5) is 4.30. The zero-order valence-electron chi connectivity index (χ0n) is 11.6. The maximum Gasteiger partial charge on any atom is 0.123 e. The maximum atomic E-state index is 13.4. The highest BCUT2D eigenvalue weighted by molar-refractivity contribution is 5.70. The molecule has 0 unspecified atom stereocenters. The SMILES string of the molecule is OCc1cc(-c2cccc(F)c2)ncc1-c1cccc(F)c1. The smallest absolute Gasteiger partial charge is 0.123 e. The lowest BCUT2D eigenvalue weighted by Gasteiger charge is -2.10. The molecule has 3 aromatic rings. The van der Waals surface area contributed by atoms with Crippen LogP contribution in [0.15, 0.2) is 60.8 Å². The number of aromatic nitrogens is 1. The van der Waals surface area contributed by atoms with Gasteiger partial charge in [0.05, 0.1) is 12.3 Å². The first-order valence-electron chi connectivity index (χ1n) is 6.79. The number of nitrogens with zero attached hydrogens (tertiary/aromatic N) is 1. The predicted octanol–water partition coefficient (Wildman–Crippen LogP) is 4.19. The molecule has 22 heavy (non-hydrogen) atoms. The van der Waals surface area contributed by atoms with E-state index in [1.54, 1.807) is 36.5 Å². The van der Waals surface area contributed by atoms with Crippen molar-refractivity contribution in [3.05, 3.63) is 78.0 Å². The van der Waals surface area contributed by atoms with Gasteiger partial charge >= 0.3 is 0 Å². The minimum atomic E-state index is -0.351. The van der Waals surface area contributed by atoms with Crippen molar-refractivity contribution in [1.82, 2.24) is 4.98 Å². The summed E-state index contributed by atoms with van der Waals surface area (Å²) in [6.07, 6.45) is 1.57. The quantitative estimate of drug-likeness (QED) is 0.786. The Hall–Kier alpha value is -2.59. The molecule has 1 N–H and O–H groups in total. The van der Waals surface area contributed by atoms with Crippen molar-refractivity contribution in [2.75, 3.05) is 0 Å². The number of halogens is 2. The van der Waals surface area contributed by atoms with Crippen molar-refractivity contribution in [2.45, 2.75) is 6.61 Å². The number of pyridine rings is 1. The average molecular weight is 297 g/mol. The van der Waals surface area contributed by atoms with E-state index in [1.165, 1.54) is 24.3 Å². The fourth-order valence-corrected chi connectivity index (χ4v) is 2.35. The molecule has 4 heteroatoms. The molecule has 1 heterocycles. The van der Waals surface area contributed by atoms with Gasteiger partial charge in [0.25, 0.3) is 0 Å². The molecule has 0 amide bonds. The van der Waals surface area contributed by atoms with Gasteiger partial charge in [-0.15, -0.1) is 0 Å². The van der Waals surface area contributed by atoms with Gasteiger partial charge in [0.15, 0.2) is 0 Å². The van der Waals surface area contributed by atoms with Crippen LogP contribution in [-0.2, 0) is 6.61 Å². The molecule has 3 rings (SSSR count). The van der Waals surface area contributed by atoms with Gasteiger partial charge in [0.2, 0.25) is 0 Å². The largest absolute Gasteiger partial charge is 0.392 e. The molecule has 0 saturated carbocycles. The van der Waals surface area contributed by atoms with E-state index in [0.29, 0.717) is 27.9 Å². The van der Waals surface area contributed by atoms with Crippen molar-refractivity contribution >= 4 is 0 Å². The molecule has 1 aromatic heterocycles. The van der Waals surface area contributed by atoms with Gasteiger partial charge in [0.1, 0.15) is 11.6 Å². The van der Waals surface area contributed by atoms with Gasteiger partial charge in [-0.25, -0.2) is 8.78 Å². The van der Waals surface area contributed by atoms with Crippen LogP contribution in [0.2, 0.25) is 0 Å². The third-order valence-electron chi connectivity index (χ3n) is 3.42. The third kappa shape index (κ3) is 2.87. The maximum absolute atomic E-state index is 13.4. The lowest BCUT2D eigenvalue weighted by atomic mass is 10.00. The van der Waals surface area contributed by atoms with Crippen molar-refractivity contribution in [2.24, 2.45) is 0 Å². The minimum absolute atomic E-state index is 0.212. The Kier molecular flexibility index (Phi) is 3.94. The lowest BCUT2D eigenvalue weighted by molar-refractivity contribution is 0.282. The molecule has 0 bridgehead atoms. The molecule has 0 aliphatic carbocycles. The summed E-state index contributed by atoms with van der Waals surface area (Å²) in [7, 11) is 0. The Balaban J connectivity index is 2.08. The van der Waals surface area contributed by atoms with Crippen LogP contribution in [0.1, 0.15) is 5.56 Å². The van der Waals surface area contributed by atoms with E-state index < -0.39 is 0 Å². The second-order valence-electron chi connectivity index (χ2n) is 4.91. The highest BCUT2D eigenvalue weighted by atomic mass is 19.1. The van der Waals surface area contributed by atoms with Crippen LogP contribution >= 0.6 is 0 Å². The summed E-state index contributed by atoms with van der Waals surface area (Å²) in [6, 6.07) is 13.9. The van der Waals surface area contributed by atoms with Gasteiger partial charge in [-0.1, -0.05) is 24.3 Å². The van der Waals surface area contributed by atoms with Crippen LogP contribution in [0.25, 0.3) is 22.4 Å². The molecule has 0 spiro atoms.